The number of imidazole rings is 1. The molecule has 0 spiro atoms. The molecule has 1 fully saturated rings. The van der Waals surface area contributed by atoms with E-state index >= 15 is 0 Å². The minimum atomic E-state index is -0.362. The predicted octanol–water partition coefficient (Wildman–Crippen LogP) is 3.63. The largest absolute Gasteiger partial charge is 0.325 e. The number of nitrogens with one attached hydrogen (secondary N) is 2. The summed E-state index contributed by atoms with van der Waals surface area (Å²) in [4.78, 5) is 31.4. The number of piperidine rings is 1. The molecular weight excluding hydrogens is 366 g/mol. The molecule has 1 aromatic heterocycles. The lowest BCUT2D eigenvalue weighted by Gasteiger charge is -2.25. The zero-order chi connectivity index (χ0) is 20.8. The summed E-state index contributed by atoms with van der Waals surface area (Å²) in [5, 5.41) is 5.86. The monoisotopic (exact) mass is 397 g/mol. The normalized spacial score (nSPS) is 15.9. The molecule has 7 heteroatoms. The summed E-state index contributed by atoms with van der Waals surface area (Å²) in [6, 6.07) is 6.87. The third-order valence-corrected chi connectivity index (χ3v) is 5.26. The van der Waals surface area contributed by atoms with E-state index in [1.807, 2.05) is 29.8 Å². The molecule has 0 saturated carbocycles. The number of rotatable bonds is 7. The smallest absolute Gasteiger partial charge is 0.247 e. The molecule has 1 aliphatic heterocycles. The van der Waals surface area contributed by atoms with Crippen LogP contribution in [0, 0.1) is 0 Å². The van der Waals surface area contributed by atoms with Gasteiger partial charge in [-0.2, -0.15) is 0 Å². The van der Waals surface area contributed by atoms with Gasteiger partial charge in [-0.05, 0) is 57.1 Å². The van der Waals surface area contributed by atoms with Gasteiger partial charge in [-0.25, -0.2) is 4.98 Å². The average molecular weight is 398 g/mol. The average Bonchev–Trinajstić information content (AvgIpc) is 3.20. The molecule has 29 heavy (non-hydrogen) atoms. The van der Waals surface area contributed by atoms with Crippen LogP contribution in [0.5, 0.6) is 0 Å². The summed E-state index contributed by atoms with van der Waals surface area (Å²) in [7, 11) is 0. The fourth-order valence-electron chi connectivity index (χ4n) is 3.63. The van der Waals surface area contributed by atoms with Crippen molar-refractivity contribution >= 4 is 23.2 Å². The zero-order valence-electron chi connectivity index (χ0n) is 17.5. The van der Waals surface area contributed by atoms with Gasteiger partial charge in [0.2, 0.25) is 11.8 Å². The van der Waals surface area contributed by atoms with E-state index in [4.69, 9.17) is 0 Å². The number of aromatic nitrogens is 2. The molecule has 0 aliphatic carbocycles. The molecule has 7 nitrogen and oxygen atoms in total. The van der Waals surface area contributed by atoms with E-state index in [-0.39, 0.29) is 23.8 Å². The van der Waals surface area contributed by atoms with Crippen LogP contribution in [0.2, 0.25) is 0 Å². The van der Waals surface area contributed by atoms with Crippen LogP contribution in [0.25, 0.3) is 0 Å². The second-order valence-electron chi connectivity index (χ2n) is 7.97. The first-order valence-corrected chi connectivity index (χ1v) is 10.4. The second-order valence-corrected chi connectivity index (χ2v) is 7.97. The molecular formula is C22H31N5O2. The van der Waals surface area contributed by atoms with Crippen LogP contribution >= 0.6 is 0 Å². The number of hydrogen-bond donors (Lipinski definition) is 2. The van der Waals surface area contributed by atoms with Crippen LogP contribution in [-0.4, -0.2) is 45.9 Å². The maximum absolute atomic E-state index is 12.6. The number of nitrogens with zero attached hydrogens (tertiary/aromatic N) is 3. The second kappa shape index (κ2) is 9.69. The summed E-state index contributed by atoms with van der Waals surface area (Å²) >= 11 is 0. The molecule has 1 atom stereocenters. The van der Waals surface area contributed by atoms with Gasteiger partial charge in [-0.1, -0.05) is 20.3 Å². The Morgan fingerprint density at radius 2 is 1.62 bits per heavy atom. The first-order chi connectivity index (χ1) is 13.9. The zero-order valence-corrected chi connectivity index (χ0v) is 17.5. The lowest BCUT2D eigenvalue weighted by atomic mass is 10.1. The Morgan fingerprint density at radius 3 is 2.24 bits per heavy atom. The Balaban J connectivity index is 1.53. The molecule has 1 aliphatic rings. The van der Waals surface area contributed by atoms with Crippen LogP contribution in [-0.2, 0) is 9.59 Å². The highest BCUT2D eigenvalue weighted by Crippen LogP contribution is 2.20. The van der Waals surface area contributed by atoms with Gasteiger partial charge in [0.15, 0.2) is 0 Å². The van der Waals surface area contributed by atoms with Crippen LogP contribution in [0.1, 0.15) is 57.8 Å². The van der Waals surface area contributed by atoms with Gasteiger partial charge in [0.05, 0.1) is 6.54 Å². The lowest BCUT2D eigenvalue weighted by Crippen LogP contribution is -2.36. The standard InChI is InChI=1S/C22H31N5O2/c1-16(2)21-23-11-14-27(21)17(3)22(29)25-19-9-7-18(8-10-19)24-20(28)15-26-12-5-4-6-13-26/h7-11,14,16-17H,4-6,12-13,15H2,1-3H3,(H,24,28)(H,25,29). The third-order valence-electron chi connectivity index (χ3n) is 5.26. The molecule has 2 heterocycles. The van der Waals surface area contributed by atoms with Gasteiger partial charge in [0, 0.05) is 29.7 Å². The van der Waals surface area contributed by atoms with Gasteiger partial charge in [0.25, 0.3) is 0 Å². The number of anilines is 2. The Morgan fingerprint density at radius 1 is 1.00 bits per heavy atom. The van der Waals surface area contributed by atoms with Crippen molar-refractivity contribution in [2.45, 2.75) is 52.0 Å². The van der Waals surface area contributed by atoms with Crippen LogP contribution in [0.3, 0.4) is 0 Å². The van der Waals surface area contributed by atoms with E-state index in [1.54, 1.807) is 18.3 Å². The summed E-state index contributed by atoms with van der Waals surface area (Å²) in [5.41, 5.74) is 1.43. The summed E-state index contributed by atoms with van der Waals surface area (Å²) < 4.78 is 1.90. The van der Waals surface area contributed by atoms with Crippen molar-refractivity contribution in [3.63, 3.8) is 0 Å². The minimum Gasteiger partial charge on any atom is -0.325 e. The summed E-state index contributed by atoms with van der Waals surface area (Å²) in [6.07, 6.45) is 7.14. The Labute approximate surface area is 172 Å². The van der Waals surface area contributed by atoms with E-state index in [0.717, 1.165) is 37.4 Å². The number of carbonyl (C=O) groups is 2. The van der Waals surface area contributed by atoms with Gasteiger partial charge >= 0.3 is 0 Å². The van der Waals surface area contributed by atoms with Crippen LogP contribution < -0.4 is 10.6 Å². The highest BCUT2D eigenvalue weighted by Gasteiger charge is 2.19. The highest BCUT2D eigenvalue weighted by atomic mass is 16.2. The first-order valence-electron chi connectivity index (χ1n) is 10.4. The van der Waals surface area contributed by atoms with Gasteiger partial charge in [-0.15, -0.1) is 0 Å². The number of benzene rings is 1. The molecule has 2 N–H and O–H groups in total. The van der Waals surface area contributed by atoms with Crippen molar-refractivity contribution in [2.24, 2.45) is 0 Å². The SMILES string of the molecule is CC(C)c1nccn1C(C)C(=O)Nc1ccc(NC(=O)CN2CCCCC2)cc1. The van der Waals surface area contributed by atoms with E-state index in [2.05, 4.69) is 34.4 Å². The molecule has 1 aromatic carbocycles. The van der Waals surface area contributed by atoms with Crippen molar-refractivity contribution in [1.29, 1.82) is 0 Å². The van der Waals surface area contributed by atoms with E-state index in [9.17, 15) is 9.59 Å². The fourth-order valence-corrected chi connectivity index (χ4v) is 3.63. The van der Waals surface area contributed by atoms with Gasteiger partial charge < -0.3 is 15.2 Å². The van der Waals surface area contributed by atoms with Crippen molar-refractivity contribution < 1.29 is 9.59 Å². The van der Waals surface area contributed by atoms with Crippen molar-refractivity contribution in [3.8, 4) is 0 Å². The number of carbonyl (C=O) groups excluding carboxylic acids is 2. The summed E-state index contributed by atoms with van der Waals surface area (Å²) in [6.45, 7) is 8.39. The Bertz CT molecular complexity index is 822. The van der Waals surface area contributed by atoms with Crippen LogP contribution in [0.4, 0.5) is 11.4 Å². The first kappa shape index (κ1) is 21.0. The third kappa shape index (κ3) is 5.67. The number of amides is 2. The number of likely N-dealkylation sites (tertiary alicyclic amines) is 1. The maximum Gasteiger partial charge on any atom is 0.247 e. The molecule has 3 rings (SSSR count). The molecule has 1 unspecified atom stereocenters. The number of hydrogen-bond acceptors (Lipinski definition) is 4. The van der Waals surface area contributed by atoms with Gasteiger partial charge in [-0.3, -0.25) is 14.5 Å². The quantitative estimate of drug-likeness (QED) is 0.748. The maximum atomic E-state index is 12.6. The van der Waals surface area contributed by atoms with E-state index in [0.29, 0.717) is 12.2 Å². The lowest BCUT2D eigenvalue weighted by molar-refractivity contribution is -0.119. The van der Waals surface area contributed by atoms with Crippen LogP contribution in [0.15, 0.2) is 36.7 Å². The topological polar surface area (TPSA) is 79.3 Å². The van der Waals surface area contributed by atoms with E-state index in [1.165, 1.54) is 6.42 Å². The molecule has 0 radical (unpaired) electrons. The molecule has 2 amide bonds. The molecule has 2 aromatic rings. The predicted molar refractivity (Wildman–Crippen MR) is 115 cm³/mol. The summed E-state index contributed by atoms with van der Waals surface area (Å²) in [5.74, 6) is 1.03. The highest BCUT2D eigenvalue weighted by molar-refractivity contribution is 5.95. The molecule has 0 bridgehead atoms. The Hall–Kier alpha value is -2.67. The van der Waals surface area contributed by atoms with Crippen molar-refractivity contribution in [2.75, 3.05) is 30.3 Å². The van der Waals surface area contributed by atoms with Crippen molar-refractivity contribution in [1.82, 2.24) is 14.5 Å². The van der Waals surface area contributed by atoms with E-state index < -0.39 is 0 Å². The Kier molecular flexibility index (Phi) is 7.04. The van der Waals surface area contributed by atoms with Crippen molar-refractivity contribution in [3.05, 3.63) is 42.5 Å². The van der Waals surface area contributed by atoms with Gasteiger partial charge in [0.1, 0.15) is 11.9 Å². The minimum absolute atomic E-state index is 0.00127. The molecule has 156 valence electrons. The molecule has 1 saturated heterocycles. The fraction of sp³-hybridized carbons (Fsp3) is 0.500.